The minimum Gasteiger partial charge on any atom is -0.309 e. The highest BCUT2D eigenvalue weighted by atomic mass is 35.5. The third-order valence-corrected chi connectivity index (χ3v) is 5.06. The molecule has 4 rings (SSSR count). The molecule has 0 unspecified atom stereocenters. The molecule has 1 N–H and O–H groups in total. The third kappa shape index (κ3) is 3.65. The molecule has 3 heterocycles. The van der Waals surface area contributed by atoms with Gasteiger partial charge in [-0.2, -0.15) is 5.10 Å². The van der Waals surface area contributed by atoms with Crippen LogP contribution in [0.3, 0.4) is 0 Å². The van der Waals surface area contributed by atoms with Crippen LogP contribution < -0.4 is 5.56 Å². The summed E-state index contributed by atoms with van der Waals surface area (Å²) in [6, 6.07) is 8.02. The number of hydrogen-bond donors (Lipinski definition) is 1. The molecule has 0 saturated carbocycles. The van der Waals surface area contributed by atoms with Gasteiger partial charge in [0.15, 0.2) is 5.65 Å². The Kier molecular flexibility index (Phi) is 4.76. The van der Waals surface area contributed by atoms with Crippen molar-refractivity contribution in [1.82, 2.24) is 29.5 Å². The van der Waals surface area contributed by atoms with Gasteiger partial charge in [0.2, 0.25) is 0 Å². The topological polar surface area (TPSA) is 70.1 Å². The number of nitrogens with one attached hydrogen (secondary N) is 1. The predicted molar refractivity (Wildman–Crippen MR) is 101 cm³/mol. The van der Waals surface area contributed by atoms with Crippen molar-refractivity contribution in [2.75, 3.05) is 26.2 Å². The van der Waals surface area contributed by atoms with Gasteiger partial charge in [0.25, 0.3) is 5.56 Å². The first-order valence-corrected chi connectivity index (χ1v) is 9.06. The number of rotatable bonds is 4. The molecule has 1 aliphatic heterocycles. The number of halogens is 1. The Bertz CT molecular complexity index is 956. The van der Waals surface area contributed by atoms with Crippen molar-refractivity contribution in [1.29, 1.82) is 0 Å². The lowest BCUT2D eigenvalue weighted by atomic mass is 10.2. The van der Waals surface area contributed by atoms with E-state index in [4.69, 9.17) is 11.6 Å². The molecule has 7 nitrogen and oxygen atoms in total. The maximum absolute atomic E-state index is 12.1. The third-order valence-electron chi connectivity index (χ3n) is 4.81. The summed E-state index contributed by atoms with van der Waals surface area (Å²) in [5.74, 6) is 0.692. The summed E-state index contributed by atoms with van der Waals surface area (Å²) in [7, 11) is 1.80. The second-order valence-corrected chi connectivity index (χ2v) is 7.13. The van der Waals surface area contributed by atoms with Crippen molar-refractivity contribution in [3.63, 3.8) is 0 Å². The Hall–Kier alpha value is -2.22. The second-order valence-electron chi connectivity index (χ2n) is 6.70. The van der Waals surface area contributed by atoms with Gasteiger partial charge in [0.1, 0.15) is 11.2 Å². The van der Waals surface area contributed by atoms with E-state index in [9.17, 15) is 4.79 Å². The molecule has 3 aromatic rings. The molecule has 1 aromatic carbocycles. The zero-order valence-electron chi connectivity index (χ0n) is 14.7. The van der Waals surface area contributed by atoms with Gasteiger partial charge in [-0.15, -0.1) is 0 Å². The molecule has 2 aromatic heterocycles. The largest absolute Gasteiger partial charge is 0.309 e. The van der Waals surface area contributed by atoms with Crippen molar-refractivity contribution in [3.8, 4) is 0 Å². The molecule has 0 amide bonds. The van der Waals surface area contributed by atoms with Crippen molar-refractivity contribution < 1.29 is 0 Å². The summed E-state index contributed by atoms with van der Waals surface area (Å²) in [4.78, 5) is 24.3. The number of fused-ring (bicyclic) bond motifs is 1. The number of H-pyrrole nitrogens is 1. The highest BCUT2D eigenvalue weighted by Gasteiger charge is 2.18. The maximum atomic E-state index is 12.1. The number of aromatic amines is 1. The average Bonchev–Trinajstić information content (AvgIpc) is 3.00. The van der Waals surface area contributed by atoms with Gasteiger partial charge in [0, 0.05) is 44.8 Å². The van der Waals surface area contributed by atoms with E-state index in [-0.39, 0.29) is 5.56 Å². The zero-order valence-corrected chi connectivity index (χ0v) is 15.4. The summed E-state index contributed by atoms with van der Waals surface area (Å²) in [5, 5.41) is 5.41. The van der Waals surface area contributed by atoms with E-state index in [1.54, 1.807) is 17.9 Å². The molecule has 0 atom stereocenters. The van der Waals surface area contributed by atoms with Crippen LogP contribution in [0.1, 0.15) is 11.4 Å². The number of piperazine rings is 1. The second kappa shape index (κ2) is 7.19. The van der Waals surface area contributed by atoms with Crippen molar-refractivity contribution in [3.05, 3.63) is 57.2 Å². The zero-order chi connectivity index (χ0) is 18.1. The molecular formula is C18H21ClN6O. The Morgan fingerprint density at radius 3 is 2.42 bits per heavy atom. The molecule has 0 bridgehead atoms. The Morgan fingerprint density at radius 2 is 1.73 bits per heavy atom. The van der Waals surface area contributed by atoms with Crippen LogP contribution in [0.4, 0.5) is 0 Å². The summed E-state index contributed by atoms with van der Waals surface area (Å²) < 4.78 is 1.64. The molecule has 0 spiro atoms. The highest BCUT2D eigenvalue weighted by molar-refractivity contribution is 6.30. The maximum Gasteiger partial charge on any atom is 0.262 e. The molecule has 0 radical (unpaired) electrons. The molecule has 1 fully saturated rings. The normalized spacial score (nSPS) is 16.4. The number of aryl methyl sites for hydroxylation is 1. The van der Waals surface area contributed by atoms with E-state index >= 15 is 0 Å². The average molecular weight is 373 g/mol. The lowest BCUT2D eigenvalue weighted by Gasteiger charge is -2.34. The van der Waals surface area contributed by atoms with Gasteiger partial charge in [0.05, 0.1) is 12.7 Å². The molecular weight excluding hydrogens is 352 g/mol. The van der Waals surface area contributed by atoms with E-state index in [1.807, 2.05) is 12.1 Å². The summed E-state index contributed by atoms with van der Waals surface area (Å²) in [6.07, 6.45) is 1.56. The van der Waals surface area contributed by atoms with Crippen molar-refractivity contribution in [2.45, 2.75) is 13.1 Å². The fourth-order valence-corrected chi connectivity index (χ4v) is 3.44. The SMILES string of the molecule is Cn1ncc2c(=O)[nH]c(CN3CCN(Cc4ccc(Cl)cc4)CC3)nc21. The number of nitrogens with zero attached hydrogens (tertiary/aromatic N) is 5. The minimum atomic E-state index is -0.125. The number of benzene rings is 1. The van der Waals surface area contributed by atoms with Crippen molar-refractivity contribution in [2.24, 2.45) is 7.05 Å². The lowest BCUT2D eigenvalue weighted by Crippen LogP contribution is -2.45. The number of aromatic nitrogens is 4. The first kappa shape index (κ1) is 17.2. The van der Waals surface area contributed by atoms with Crippen LogP contribution in [0.5, 0.6) is 0 Å². The summed E-state index contributed by atoms with van der Waals surface area (Å²) >= 11 is 5.94. The molecule has 1 saturated heterocycles. The Balaban J connectivity index is 1.37. The van der Waals surface area contributed by atoms with Gasteiger partial charge in [-0.3, -0.25) is 19.3 Å². The van der Waals surface area contributed by atoms with Crippen LogP contribution >= 0.6 is 11.6 Å². The quantitative estimate of drug-likeness (QED) is 0.753. The monoisotopic (exact) mass is 372 g/mol. The first-order valence-electron chi connectivity index (χ1n) is 8.68. The standard InChI is InChI=1S/C18H21ClN6O/c1-23-17-15(10-20-23)18(26)22-16(21-17)12-25-8-6-24(7-9-25)11-13-2-4-14(19)5-3-13/h2-5,10H,6-9,11-12H2,1H3,(H,21,22,26). The van der Waals surface area contributed by atoms with Crippen LogP contribution in [0.2, 0.25) is 5.02 Å². The van der Waals surface area contributed by atoms with Crippen LogP contribution in [0, 0.1) is 0 Å². The van der Waals surface area contributed by atoms with Gasteiger partial charge in [-0.05, 0) is 17.7 Å². The lowest BCUT2D eigenvalue weighted by molar-refractivity contribution is 0.120. The molecule has 136 valence electrons. The van der Waals surface area contributed by atoms with E-state index < -0.39 is 0 Å². The van der Waals surface area contributed by atoms with Crippen LogP contribution in [-0.2, 0) is 20.1 Å². The highest BCUT2D eigenvalue weighted by Crippen LogP contribution is 2.14. The fourth-order valence-electron chi connectivity index (χ4n) is 3.32. The van der Waals surface area contributed by atoms with Crippen LogP contribution in [0.25, 0.3) is 11.0 Å². The molecule has 0 aliphatic carbocycles. The molecule has 8 heteroatoms. The Labute approximate surface area is 156 Å². The Morgan fingerprint density at radius 1 is 1.08 bits per heavy atom. The smallest absolute Gasteiger partial charge is 0.262 e. The van der Waals surface area contributed by atoms with Crippen LogP contribution in [-0.4, -0.2) is 55.7 Å². The fraction of sp³-hybridized carbons (Fsp3) is 0.389. The van der Waals surface area contributed by atoms with Gasteiger partial charge in [-0.25, -0.2) is 4.98 Å². The first-order chi connectivity index (χ1) is 12.6. The molecule has 1 aliphatic rings. The van der Waals surface area contributed by atoms with Gasteiger partial charge < -0.3 is 4.98 Å². The summed E-state index contributed by atoms with van der Waals surface area (Å²) in [6.45, 7) is 5.44. The van der Waals surface area contributed by atoms with E-state index in [1.165, 1.54) is 5.56 Å². The van der Waals surface area contributed by atoms with Gasteiger partial charge >= 0.3 is 0 Å². The van der Waals surface area contributed by atoms with Gasteiger partial charge in [-0.1, -0.05) is 23.7 Å². The van der Waals surface area contributed by atoms with E-state index in [0.717, 1.165) is 37.7 Å². The minimum absolute atomic E-state index is 0.125. The molecule has 26 heavy (non-hydrogen) atoms. The predicted octanol–water partition coefficient (Wildman–Crippen LogP) is 1.63. The van der Waals surface area contributed by atoms with Crippen molar-refractivity contribution >= 4 is 22.6 Å². The van der Waals surface area contributed by atoms with E-state index in [2.05, 4.69) is 37.0 Å². The van der Waals surface area contributed by atoms with Crippen LogP contribution in [0.15, 0.2) is 35.3 Å². The number of hydrogen-bond acceptors (Lipinski definition) is 5. The van der Waals surface area contributed by atoms with E-state index in [0.29, 0.717) is 23.4 Å². The summed E-state index contributed by atoms with van der Waals surface area (Å²) in [5.41, 5.74) is 1.78.